The first-order valence-corrected chi connectivity index (χ1v) is 15.2. The third-order valence-electron chi connectivity index (χ3n) is 6.76. The fraction of sp³-hybridized carbons (Fsp3) is 0.419. The van der Waals surface area contributed by atoms with Crippen molar-refractivity contribution in [3.63, 3.8) is 0 Å². The van der Waals surface area contributed by atoms with Crippen LogP contribution < -0.4 is 14.8 Å². The number of esters is 4. The molecule has 1 amide bonds. The molecule has 1 saturated heterocycles. The zero-order valence-electron chi connectivity index (χ0n) is 28.1. The number of methoxy groups -OCH3 is 1. The molecule has 1 aliphatic rings. The molecule has 1 heterocycles. The van der Waals surface area contributed by atoms with Gasteiger partial charge in [-0.15, -0.1) is 0 Å². The molecule has 0 radical (unpaired) electrons. The molecule has 21 heteroatoms. The van der Waals surface area contributed by atoms with E-state index in [1.807, 2.05) is 0 Å². The summed E-state index contributed by atoms with van der Waals surface area (Å²) in [6.07, 6.45) is -9.50. The predicted molar refractivity (Wildman–Crippen MR) is 169 cm³/mol. The van der Waals surface area contributed by atoms with Crippen LogP contribution in [0.1, 0.15) is 43.1 Å². The summed E-state index contributed by atoms with van der Waals surface area (Å²) < 4.78 is 42.7. The number of rotatable bonds is 15. The molecule has 52 heavy (non-hydrogen) atoms. The van der Waals surface area contributed by atoms with Crippen LogP contribution in [0.25, 0.3) is 10.4 Å². The minimum absolute atomic E-state index is 0.0387. The Morgan fingerprint density at radius 1 is 0.942 bits per heavy atom. The van der Waals surface area contributed by atoms with Gasteiger partial charge in [-0.25, -0.2) is 9.59 Å². The third kappa shape index (κ3) is 11.6. The van der Waals surface area contributed by atoms with Gasteiger partial charge in [0.1, 0.15) is 18.1 Å². The van der Waals surface area contributed by atoms with Crippen molar-refractivity contribution in [2.24, 2.45) is 5.11 Å². The molecule has 5 atom stereocenters. The molecule has 0 bridgehead atoms. The summed E-state index contributed by atoms with van der Waals surface area (Å²) in [6, 6.07) is 8.53. The van der Waals surface area contributed by atoms with Crippen molar-refractivity contribution in [1.82, 2.24) is 5.32 Å². The quantitative estimate of drug-likeness (QED) is 0.0317. The van der Waals surface area contributed by atoms with Gasteiger partial charge in [-0.05, 0) is 41.8 Å². The standard InChI is InChI=1S/C31H33N5O16/c1-16(37)47-24-25(48-17(2)38)27(49-18(3)39)30(52-26(24)29(41)45-4)51-23-11-6-19(14-22(23)28(40)33-12-5-13-34-35-32)15-46-31(42)50-21-9-7-20(8-10-21)36(43)44/h6-11,14,24-27,30H,5,12-13,15H2,1-4H3,(H,33,40)/t24-,25-,26-,27+,30+/m0/s1. The molecule has 1 aliphatic heterocycles. The highest BCUT2D eigenvalue weighted by molar-refractivity contribution is 5.97. The second kappa shape index (κ2) is 19.1. The Bertz CT molecular complexity index is 1710. The van der Waals surface area contributed by atoms with E-state index >= 15 is 0 Å². The Kier molecular flexibility index (Phi) is 14.7. The number of nitro groups is 1. The van der Waals surface area contributed by atoms with E-state index in [1.165, 1.54) is 30.3 Å². The van der Waals surface area contributed by atoms with Crippen LogP contribution in [0.15, 0.2) is 47.6 Å². The molecular weight excluding hydrogens is 698 g/mol. The van der Waals surface area contributed by atoms with Crippen molar-refractivity contribution < 1.29 is 71.6 Å². The molecule has 2 aromatic rings. The van der Waals surface area contributed by atoms with Crippen molar-refractivity contribution in [3.8, 4) is 11.5 Å². The number of azide groups is 1. The molecule has 1 N–H and O–H groups in total. The van der Waals surface area contributed by atoms with Gasteiger partial charge in [0.25, 0.3) is 11.6 Å². The van der Waals surface area contributed by atoms with Gasteiger partial charge in [0.15, 0.2) is 18.3 Å². The van der Waals surface area contributed by atoms with Gasteiger partial charge < -0.3 is 43.2 Å². The molecule has 0 spiro atoms. The average molecular weight is 732 g/mol. The molecule has 278 valence electrons. The highest BCUT2D eigenvalue weighted by Crippen LogP contribution is 2.33. The maximum Gasteiger partial charge on any atom is 0.514 e. The highest BCUT2D eigenvalue weighted by Gasteiger charge is 2.56. The second-order valence-electron chi connectivity index (χ2n) is 10.6. The number of hydrogen-bond donors (Lipinski definition) is 1. The molecule has 0 unspecified atom stereocenters. The van der Waals surface area contributed by atoms with Crippen LogP contribution in [0.4, 0.5) is 10.5 Å². The minimum Gasteiger partial charge on any atom is -0.467 e. The molecule has 0 aromatic heterocycles. The van der Waals surface area contributed by atoms with Gasteiger partial charge in [0, 0.05) is 50.9 Å². The van der Waals surface area contributed by atoms with E-state index in [4.69, 9.17) is 43.4 Å². The van der Waals surface area contributed by atoms with E-state index in [2.05, 4.69) is 15.3 Å². The number of ether oxygens (including phenoxy) is 8. The summed E-state index contributed by atoms with van der Waals surface area (Å²) in [5.74, 6) is -4.83. The number of carbonyl (C=O) groups excluding carboxylic acids is 6. The van der Waals surface area contributed by atoms with Crippen molar-refractivity contribution in [1.29, 1.82) is 0 Å². The Hall–Kier alpha value is -6.47. The monoisotopic (exact) mass is 731 g/mol. The Morgan fingerprint density at radius 2 is 1.58 bits per heavy atom. The van der Waals surface area contributed by atoms with E-state index in [0.29, 0.717) is 0 Å². The molecule has 21 nitrogen and oxygen atoms in total. The van der Waals surface area contributed by atoms with Crippen LogP contribution in [0.3, 0.4) is 0 Å². The van der Waals surface area contributed by atoms with Gasteiger partial charge in [0.05, 0.1) is 17.6 Å². The van der Waals surface area contributed by atoms with Gasteiger partial charge in [-0.1, -0.05) is 11.2 Å². The summed E-state index contributed by atoms with van der Waals surface area (Å²) in [5.41, 5.74) is 8.32. The summed E-state index contributed by atoms with van der Waals surface area (Å²) in [7, 11) is 1.01. The largest absolute Gasteiger partial charge is 0.514 e. The van der Waals surface area contributed by atoms with Crippen molar-refractivity contribution >= 4 is 41.6 Å². The molecule has 0 saturated carbocycles. The van der Waals surface area contributed by atoms with E-state index in [-0.39, 0.29) is 47.8 Å². The second-order valence-corrected chi connectivity index (χ2v) is 10.6. The first-order chi connectivity index (χ1) is 24.7. The lowest BCUT2D eigenvalue weighted by Gasteiger charge is -2.43. The summed E-state index contributed by atoms with van der Waals surface area (Å²) >= 11 is 0. The molecular formula is C31H33N5O16. The molecule has 3 rings (SSSR count). The average Bonchev–Trinajstić information content (AvgIpc) is 3.09. The number of benzene rings is 2. The van der Waals surface area contributed by atoms with Crippen LogP contribution in [0.5, 0.6) is 11.5 Å². The first kappa shape index (κ1) is 40.0. The molecule has 2 aromatic carbocycles. The predicted octanol–water partition coefficient (Wildman–Crippen LogP) is 2.81. The number of hydrogen-bond acceptors (Lipinski definition) is 17. The number of non-ortho nitro benzene ring substituents is 1. The van der Waals surface area contributed by atoms with Gasteiger partial charge >= 0.3 is 30.0 Å². The maximum atomic E-state index is 13.4. The van der Waals surface area contributed by atoms with Gasteiger partial charge in [-0.2, -0.15) is 0 Å². The van der Waals surface area contributed by atoms with E-state index in [1.54, 1.807) is 0 Å². The van der Waals surface area contributed by atoms with Crippen molar-refractivity contribution in [2.75, 3.05) is 20.2 Å². The Balaban J connectivity index is 1.95. The fourth-order valence-electron chi connectivity index (χ4n) is 4.64. The lowest BCUT2D eigenvalue weighted by molar-refractivity contribution is -0.384. The van der Waals surface area contributed by atoms with E-state index in [0.717, 1.165) is 40.0 Å². The topological polar surface area (TPSA) is 280 Å². The Morgan fingerprint density at radius 3 is 2.17 bits per heavy atom. The Labute approximate surface area is 294 Å². The summed E-state index contributed by atoms with van der Waals surface area (Å²) in [4.78, 5) is 87.7. The maximum absolute atomic E-state index is 13.4. The SMILES string of the molecule is COC(=O)[C@H]1O[C@@H](Oc2ccc(COC(=O)Oc3ccc([N+](=O)[O-])cc3)cc2C(=O)NCCCN=[N+]=[N-])[C@H](OC(C)=O)[C@@H](OC(C)=O)[C@@H]1OC(C)=O. The number of amides is 1. The van der Waals surface area contributed by atoms with Gasteiger partial charge in [0.2, 0.25) is 12.4 Å². The lowest BCUT2D eigenvalue weighted by Crippen LogP contribution is -2.64. The minimum atomic E-state index is -1.79. The van der Waals surface area contributed by atoms with Gasteiger partial charge in [-0.3, -0.25) is 29.3 Å². The molecule has 1 fully saturated rings. The highest BCUT2D eigenvalue weighted by atomic mass is 16.7. The number of nitrogens with one attached hydrogen (secondary N) is 1. The molecule has 0 aliphatic carbocycles. The summed E-state index contributed by atoms with van der Waals surface area (Å²) in [6.45, 7) is 2.72. The lowest BCUT2D eigenvalue weighted by atomic mass is 9.97. The number of nitro benzene ring substituents is 1. The third-order valence-corrected chi connectivity index (χ3v) is 6.76. The zero-order chi connectivity index (χ0) is 38.4. The van der Waals surface area contributed by atoms with E-state index < -0.39 is 78.2 Å². The first-order valence-electron chi connectivity index (χ1n) is 15.2. The van der Waals surface area contributed by atoms with E-state index in [9.17, 15) is 38.9 Å². The van der Waals surface area contributed by atoms with Crippen LogP contribution in [-0.4, -0.2) is 91.8 Å². The normalized spacial score (nSPS) is 19.0. The fourth-order valence-corrected chi connectivity index (χ4v) is 4.64. The van der Waals surface area contributed by atoms with Crippen LogP contribution >= 0.6 is 0 Å². The van der Waals surface area contributed by atoms with Crippen molar-refractivity contribution in [3.05, 3.63) is 74.1 Å². The van der Waals surface area contributed by atoms with Crippen LogP contribution in [0.2, 0.25) is 0 Å². The van der Waals surface area contributed by atoms with Crippen LogP contribution in [-0.2, 0) is 54.2 Å². The van der Waals surface area contributed by atoms with Crippen LogP contribution in [0, 0.1) is 10.1 Å². The number of carbonyl (C=O) groups is 6. The van der Waals surface area contributed by atoms with Crippen molar-refractivity contribution in [2.45, 2.75) is 64.5 Å². The smallest absolute Gasteiger partial charge is 0.467 e. The summed E-state index contributed by atoms with van der Waals surface area (Å²) in [5, 5.41) is 16.9. The number of nitrogens with zero attached hydrogens (tertiary/aromatic N) is 4. The zero-order valence-corrected chi connectivity index (χ0v) is 28.1.